The summed E-state index contributed by atoms with van der Waals surface area (Å²) in [6, 6.07) is 0.605. The Balaban J connectivity index is 2.28. The van der Waals surface area contributed by atoms with E-state index in [2.05, 4.69) is 39.2 Å². The van der Waals surface area contributed by atoms with Crippen LogP contribution in [0, 0.1) is 13.8 Å². The number of aromatic nitrogens is 2. The quantitative estimate of drug-likeness (QED) is 0.910. The fourth-order valence-corrected chi connectivity index (χ4v) is 2.71. The molecule has 1 aliphatic rings. The summed E-state index contributed by atoms with van der Waals surface area (Å²) in [6.07, 6.45) is 1.11. The van der Waals surface area contributed by atoms with Gasteiger partial charge in [-0.05, 0) is 48.2 Å². The lowest BCUT2D eigenvalue weighted by atomic mass is 10.2. The largest absolute Gasteiger partial charge is 0.355 e. The van der Waals surface area contributed by atoms with E-state index >= 15 is 0 Å². The highest BCUT2D eigenvalue weighted by Crippen LogP contribution is 2.25. The summed E-state index contributed by atoms with van der Waals surface area (Å²) in [5.41, 5.74) is 1.92. The van der Waals surface area contributed by atoms with Crippen LogP contribution in [-0.4, -0.2) is 60.0 Å². The second kappa shape index (κ2) is 6.60. The first kappa shape index (κ1) is 16.7. The first-order valence-corrected chi connectivity index (χ1v) is 7.87. The highest BCUT2D eigenvalue weighted by molar-refractivity contribution is 5.91. The molecule has 122 valence electrons. The van der Waals surface area contributed by atoms with Crippen LogP contribution in [0.15, 0.2) is 0 Å². The van der Waals surface area contributed by atoms with Gasteiger partial charge < -0.3 is 15.1 Å². The van der Waals surface area contributed by atoms with E-state index in [1.165, 1.54) is 0 Å². The molecule has 1 N–H and O–H groups in total. The molecule has 0 radical (unpaired) electrons. The molecule has 0 bridgehead atoms. The number of amides is 1. The average Bonchev–Trinajstić information content (AvgIpc) is 2.90. The number of hydrogen-bond acceptors (Lipinski definition) is 5. The number of rotatable bonds is 4. The van der Waals surface area contributed by atoms with Crippen molar-refractivity contribution in [1.82, 2.24) is 20.2 Å². The SMILES string of the molecule is Cc1nc(C(=O)NC(C)C)nc(N2CC[C@@H](N(C)C)C2)c1C. The number of carbonyl (C=O) groups is 1. The molecule has 1 aliphatic heterocycles. The molecule has 1 aromatic heterocycles. The molecule has 1 aromatic rings. The summed E-state index contributed by atoms with van der Waals surface area (Å²) in [5.74, 6) is 0.952. The summed E-state index contributed by atoms with van der Waals surface area (Å²) in [4.78, 5) is 25.6. The zero-order chi connectivity index (χ0) is 16.4. The molecule has 0 saturated carbocycles. The van der Waals surface area contributed by atoms with E-state index in [-0.39, 0.29) is 17.8 Å². The third-order valence-electron chi connectivity index (χ3n) is 4.18. The molecule has 6 heteroatoms. The van der Waals surface area contributed by atoms with Gasteiger partial charge in [0.1, 0.15) is 5.82 Å². The van der Waals surface area contributed by atoms with E-state index in [9.17, 15) is 4.79 Å². The van der Waals surface area contributed by atoms with Crippen LogP contribution in [0.25, 0.3) is 0 Å². The molecular weight excluding hydrogens is 278 g/mol. The Bertz CT molecular complexity index is 556. The van der Waals surface area contributed by atoms with Gasteiger partial charge in [-0.1, -0.05) is 0 Å². The van der Waals surface area contributed by atoms with Gasteiger partial charge in [-0.2, -0.15) is 0 Å². The Morgan fingerprint density at radius 3 is 2.55 bits per heavy atom. The van der Waals surface area contributed by atoms with Crippen LogP contribution in [0.1, 0.15) is 42.1 Å². The van der Waals surface area contributed by atoms with E-state index in [1.807, 2.05) is 27.7 Å². The number of anilines is 1. The molecule has 2 rings (SSSR count). The Morgan fingerprint density at radius 1 is 1.32 bits per heavy atom. The predicted octanol–water partition coefficient (Wildman–Crippen LogP) is 1.37. The molecule has 22 heavy (non-hydrogen) atoms. The normalized spacial score (nSPS) is 18.4. The lowest BCUT2D eigenvalue weighted by Crippen LogP contribution is -2.34. The average molecular weight is 305 g/mol. The minimum atomic E-state index is -0.206. The second-order valence-electron chi connectivity index (χ2n) is 6.56. The summed E-state index contributed by atoms with van der Waals surface area (Å²) < 4.78 is 0. The summed E-state index contributed by atoms with van der Waals surface area (Å²) in [5, 5.41) is 2.86. The number of nitrogens with one attached hydrogen (secondary N) is 1. The van der Waals surface area contributed by atoms with Gasteiger partial charge in [0.2, 0.25) is 5.82 Å². The van der Waals surface area contributed by atoms with Gasteiger partial charge >= 0.3 is 0 Å². The second-order valence-corrected chi connectivity index (χ2v) is 6.56. The van der Waals surface area contributed by atoms with Crippen molar-refractivity contribution < 1.29 is 4.79 Å². The standard InChI is InChI=1S/C16H27N5O/c1-10(2)17-16(22)14-18-12(4)11(3)15(19-14)21-8-7-13(9-21)20(5)6/h10,13H,7-9H2,1-6H3,(H,17,22)/t13-/m1/s1. The van der Waals surface area contributed by atoms with E-state index < -0.39 is 0 Å². The number of hydrogen-bond donors (Lipinski definition) is 1. The van der Waals surface area contributed by atoms with Crippen molar-refractivity contribution in [3.8, 4) is 0 Å². The fourth-order valence-electron chi connectivity index (χ4n) is 2.71. The van der Waals surface area contributed by atoms with Gasteiger partial charge in [0.25, 0.3) is 5.91 Å². The summed E-state index contributed by atoms with van der Waals surface area (Å²) in [7, 11) is 4.21. The first-order valence-electron chi connectivity index (χ1n) is 7.87. The Morgan fingerprint density at radius 2 is 2.00 bits per heavy atom. The maximum atomic E-state index is 12.2. The lowest BCUT2D eigenvalue weighted by molar-refractivity contribution is 0.0932. The van der Waals surface area contributed by atoms with Crippen molar-refractivity contribution >= 4 is 11.7 Å². The highest BCUT2D eigenvalue weighted by atomic mass is 16.2. The molecular formula is C16H27N5O. The minimum Gasteiger partial charge on any atom is -0.355 e. The van der Waals surface area contributed by atoms with E-state index in [4.69, 9.17) is 0 Å². The van der Waals surface area contributed by atoms with Crippen LogP contribution < -0.4 is 10.2 Å². The minimum absolute atomic E-state index is 0.0751. The Labute approximate surface area is 132 Å². The number of aryl methyl sites for hydroxylation is 1. The van der Waals surface area contributed by atoms with Crippen molar-refractivity contribution in [3.63, 3.8) is 0 Å². The zero-order valence-electron chi connectivity index (χ0n) is 14.5. The molecule has 0 unspecified atom stereocenters. The number of likely N-dealkylation sites (N-methyl/N-ethyl adjacent to an activating group) is 1. The molecule has 2 heterocycles. The smallest absolute Gasteiger partial charge is 0.289 e. The monoisotopic (exact) mass is 305 g/mol. The van der Waals surface area contributed by atoms with Crippen molar-refractivity contribution in [3.05, 3.63) is 17.1 Å². The molecule has 0 aliphatic carbocycles. The first-order chi connectivity index (χ1) is 10.3. The van der Waals surface area contributed by atoms with E-state index in [1.54, 1.807) is 0 Å². The van der Waals surface area contributed by atoms with Crippen molar-refractivity contribution in [2.24, 2.45) is 0 Å². The summed E-state index contributed by atoms with van der Waals surface area (Å²) in [6.45, 7) is 9.73. The third-order valence-corrected chi connectivity index (χ3v) is 4.18. The Kier molecular flexibility index (Phi) is 5.01. The topological polar surface area (TPSA) is 61.4 Å². The molecule has 1 amide bonds. The van der Waals surface area contributed by atoms with Crippen LogP contribution in [0.2, 0.25) is 0 Å². The number of carbonyl (C=O) groups excluding carboxylic acids is 1. The van der Waals surface area contributed by atoms with Crippen LogP contribution in [0.5, 0.6) is 0 Å². The predicted molar refractivity (Wildman–Crippen MR) is 88.4 cm³/mol. The van der Waals surface area contributed by atoms with Gasteiger partial charge in [-0.25, -0.2) is 9.97 Å². The van der Waals surface area contributed by atoms with Crippen molar-refractivity contribution in [2.75, 3.05) is 32.1 Å². The zero-order valence-corrected chi connectivity index (χ0v) is 14.5. The van der Waals surface area contributed by atoms with Crippen LogP contribution in [0.4, 0.5) is 5.82 Å². The molecule has 6 nitrogen and oxygen atoms in total. The summed E-state index contributed by atoms with van der Waals surface area (Å²) >= 11 is 0. The van der Waals surface area contributed by atoms with Crippen LogP contribution in [-0.2, 0) is 0 Å². The van der Waals surface area contributed by atoms with Crippen LogP contribution in [0.3, 0.4) is 0 Å². The molecule has 1 atom stereocenters. The van der Waals surface area contributed by atoms with E-state index in [0.717, 1.165) is 36.6 Å². The van der Waals surface area contributed by atoms with Gasteiger partial charge in [-0.15, -0.1) is 0 Å². The van der Waals surface area contributed by atoms with Gasteiger partial charge in [0.05, 0.1) is 0 Å². The lowest BCUT2D eigenvalue weighted by Gasteiger charge is -2.23. The molecule has 1 fully saturated rings. The molecule has 1 saturated heterocycles. The maximum Gasteiger partial charge on any atom is 0.289 e. The fraction of sp³-hybridized carbons (Fsp3) is 0.688. The Hall–Kier alpha value is -1.69. The maximum absolute atomic E-state index is 12.2. The van der Waals surface area contributed by atoms with Gasteiger partial charge in [-0.3, -0.25) is 4.79 Å². The van der Waals surface area contributed by atoms with Gasteiger partial charge in [0.15, 0.2) is 0 Å². The molecule has 0 spiro atoms. The highest BCUT2D eigenvalue weighted by Gasteiger charge is 2.27. The van der Waals surface area contributed by atoms with Crippen LogP contribution >= 0.6 is 0 Å². The number of nitrogens with zero attached hydrogens (tertiary/aromatic N) is 4. The van der Waals surface area contributed by atoms with Gasteiger partial charge in [0, 0.05) is 36.4 Å². The van der Waals surface area contributed by atoms with Crippen molar-refractivity contribution in [2.45, 2.75) is 46.2 Å². The van der Waals surface area contributed by atoms with E-state index in [0.29, 0.717) is 6.04 Å². The molecule has 0 aromatic carbocycles. The third kappa shape index (κ3) is 3.55. The van der Waals surface area contributed by atoms with Crippen molar-refractivity contribution in [1.29, 1.82) is 0 Å².